The maximum Gasteiger partial charge on any atom is 0.220 e. The Morgan fingerprint density at radius 2 is 0.588 bits per heavy atom. The number of nitrogens with zero attached hydrogens (tertiary/aromatic N) is 13. The first kappa shape index (κ1) is 70.0. The average molecular weight is 1590 g/mol. The van der Waals surface area contributed by atoms with Crippen LogP contribution in [0.4, 0.5) is 0 Å². The zero-order valence-corrected chi connectivity index (χ0v) is 65.6. The topological polar surface area (TPSA) is 127 Å². The van der Waals surface area contributed by atoms with Gasteiger partial charge in [-0.3, -0.25) is 17.9 Å². The molecule has 16 aromatic carbocycles. The van der Waals surface area contributed by atoms with E-state index in [0.29, 0.717) is 34.9 Å². The third kappa shape index (κ3) is 12.6. The maximum absolute atomic E-state index is 5.15. The van der Waals surface area contributed by atoms with Crippen LogP contribution in [-0.4, -0.2) is 62.4 Å². The van der Waals surface area contributed by atoms with E-state index in [4.69, 9.17) is 34.9 Å². The minimum Gasteiger partial charge on any atom is -0.309 e. The van der Waals surface area contributed by atoms with Gasteiger partial charge < -0.3 is 4.57 Å². The monoisotopic (exact) mass is 1590 g/mol. The second-order valence-electron chi connectivity index (χ2n) is 29.6. The summed E-state index contributed by atoms with van der Waals surface area (Å²) in [5.74, 6) is 5.71. The van der Waals surface area contributed by atoms with Gasteiger partial charge in [0, 0.05) is 71.3 Å². The van der Waals surface area contributed by atoms with Gasteiger partial charge in [-0.2, -0.15) is 0 Å². The van der Waals surface area contributed by atoms with E-state index in [-0.39, 0.29) is 0 Å². The Hall–Kier alpha value is -15.6. The highest BCUT2D eigenvalue weighted by Gasteiger charge is 2.26. The van der Waals surface area contributed by atoms with Gasteiger partial charge in [0.2, 0.25) is 11.6 Å². The minimum absolute atomic E-state index is 0.616. The first-order chi connectivity index (χ1) is 58.9. The van der Waals surface area contributed by atoms with Gasteiger partial charge in [0.05, 0.1) is 55.2 Å². The molecule has 0 unspecified atom stereocenters. The number of para-hydroxylation sites is 8. The summed E-state index contributed by atoms with van der Waals surface area (Å²) >= 11 is 3.52. The summed E-state index contributed by atoms with van der Waals surface area (Å²) in [5, 5.41) is 2.37. The molecule has 0 bridgehead atoms. The van der Waals surface area contributed by atoms with Gasteiger partial charge in [0.15, 0.2) is 34.9 Å². The van der Waals surface area contributed by atoms with E-state index < -0.39 is 0 Å². The van der Waals surface area contributed by atoms with E-state index in [0.717, 1.165) is 134 Å². The van der Waals surface area contributed by atoms with Crippen molar-refractivity contribution in [3.63, 3.8) is 0 Å². The Balaban J connectivity index is 0.000000120. The zero-order chi connectivity index (χ0) is 78.9. The van der Waals surface area contributed by atoms with E-state index >= 15 is 0 Å². The summed E-state index contributed by atoms with van der Waals surface area (Å²) in [6.45, 7) is 0. The van der Waals surface area contributed by atoms with Crippen molar-refractivity contribution in [2.45, 2.75) is 6.42 Å². The van der Waals surface area contributed by atoms with Crippen LogP contribution in [0.5, 0.6) is 0 Å². The predicted octanol–water partition coefficient (Wildman–Crippen LogP) is 25.7. The average Bonchev–Trinajstić information content (AvgIpc) is 1.57. The van der Waals surface area contributed by atoms with Crippen LogP contribution in [0.25, 0.3) is 196 Å². The van der Waals surface area contributed by atoms with Crippen molar-refractivity contribution in [1.82, 2.24) is 62.4 Å². The molecule has 24 rings (SSSR count). The van der Waals surface area contributed by atoms with E-state index in [1.807, 2.05) is 146 Å². The summed E-state index contributed by atoms with van der Waals surface area (Å²) in [7, 11) is 0. The van der Waals surface area contributed by atoms with Gasteiger partial charge in [-0.1, -0.05) is 313 Å². The molecule has 1 aliphatic carbocycles. The van der Waals surface area contributed by atoms with Crippen molar-refractivity contribution in [2.24, 2.45) is 0 Å². The molecule has 0 saturated carbocycles. The molecule has 119 heavy (non-hydrogen) atoms. The number of hydrogen-bond acceptors (Lipinski definition) is 8. The van der Waals surface area contributed by atoms with Crippen LogP contribution in [0, 0.1) is 0 Å². The summed E-state index contributed by atoms with van der Waals surface area (Å²) in [4.78, 5) is 39.3. The van der Waals surface area contributed by atoms with Crippen molar-refractivity contribution in [3.8, 4) is 119 Å². The Morgan fingerprint density at radius 1 is 0.218 bits per heavy atom. The molecule has 14 heteroatoms. The van der Waals surface area contributed by atoms with E-state index in [2.05, 4.69) is 298 Å². The number of hydrogen-bond donors (Lipinski definition) is 0. The second kappa shape index (κ2) is 29.6. The van der Waals surface area contributed by atoms with Gasteiger partial charge in [-0.15, -0.1) is 0 Å². The lowest BCUT2D eigenvalue weighted by atomic mass is 9.95. The van der Waals surface area contributed by atoms with Gasteiger partial charge in [0.1, 0.15) is 0 Å². The highest BCUT2D eigenvalue weighted by Crippen LogP contribution is 2.45. The van der Waals surface area contributed by atoms with Crippen molar-refractivity contribution in [1.29, 1.82) is 0 Å². The Kier molecular flexibility index (Phi) is 17.4. The van der Waals surface area contributed by atoms with E-state index in [1.165, 1.54) is 49.7 Å². The second-order valence-corrected chi connectivity index (χ2v) is 30.5. The molecule has 0 saturated heterocycles. The van der Waals surface area contributed by atoms with Crippen LogP contribution in [0.1, 0.15) is 11.1 Å². The van der Waals surface area contributed by atoms with Crippen LogP contribution in [0.2, 0.25) is 0 Å². The van der Waals surface area contributed by atoms with E-state index in [1.54, 1.807) is 0 Å². The number of imidazole rings is 4. The number of aromatic nitrogens is 13. The summed E-state index contributed by atoms with van der Waals surface area (Å²) in [5.41, 5.74) is 30.2. The first-order valence-electron chi connectivity index (χ1n) is 39.7. The first-order valence-corrected chi connectivity index (χ1v) is 40.5. The standard InChI is InChI=1S/C52H33N7.C32H21N3.C21H14BrN3/c1-4-16-34(17-5-1)49-54-50(35-18-6-2-7-19-35)56-51(55-49)37-20-14-23-39(32-37)57-44-28-12-10-24-41(44)42-26-15-25-40(48(42)57)36-30-31-46-47(33-36)59-45-29-13-11-27-43(45)53-52(59)58(46)38-21-8-3-9-22-38;1-2-10-23(11-3-1)34-30-18-17-22(20-31(30)35-29-16-7-6-15-28(29)33-32(34)35)25-13-8-14-26-24-12-5-4-9-21(24)19-27(25)26;22-18-13-7-12-17(14-18)21-24-19(15-8-3-1-4-9-15)23-20(25-21)16-10-5-2-6-11-16/h1-33H;1-18,20H,19H2;1-14H. The molecule has 0 atom stereocenters. The predicted molar refractivity (Wildman–Crippen MR) is 486 cm³/mol. The number of halogens is 1. The summed E-state index contributed by atoms with van der Waals surface area (Å²) in [6, 6.07) is 139. The molecule has 7 aromatic heterocycles. The fourth-order valence-electron chi connectivity index (χ4n) is 17.0. The van der Waals surface area contributed by atoms with Crippen molar-refractivity contribution in [3.05, 3.63) is 416 Å². The zero-order valence-electron chi connectivity index (χ0n) is 64.0. The molecule has 13 nitrogen and oxygen atoms in total. The lowest BCUT2D eigenvalue weighted by molar-refractivity contribution is 1.07. The number of benzene rings is 16. The molecule has 0 radical (unpaired) electrons. The Bertz CT molecular complexity index is 7720. The minimum atomic E-state index is 0.616. The molecule has 23 aromatic rings. The van der Waals surface area contributed by atoms with E-state index in [9.17, 15) is 0 Å². The molecule has 0 amide bonds. The highest BCUT2D eigenvalue weighted by molar-refractivity contribution is 9.10. The van der Waals surface area contributed by atoms with Gasteiger partial charge in [0.25, 0.3) is 0 Å². The SMILES string of the molecule is Brc1cccc(-c2nc(-c3ccccc3)nc(-c3ccccc3)n2)c1.c1ccc(-c2nc(-c3ccccc3)nc(-c3cccc(-n4c5ccccc5c5cccc(-c6ccc7c(c6)n6c8ccccc8nc6n7-c6ccccc6)c54)c3)n2)cc1.c1ccc(-n2c3ccc(-c4cccc5c4Cc4ccccc4-5)cc3n3c4ccccc4nc23)cc1. The smallest absolute Gasteiger partial charge is 0.220 e. The molecule has 0 fully saturated rings. The van der Waals surface area contributed by atoms with Crippen molar-refractivity contribution >= 4 is 93.4 Å². The molecule has 1 aliphatic rings. The Labute approximate surface area is 692 Å². The maximum atomic E-state index is 5.15. The van der Waals surface area contributed by atoms with Gasteiger partial charge >= 0.3 is 0 Å². The quantitative estimate of drug-likeness (QED) is 0.125. The largest absolute Gasteiger partial charge is 0.309 e. The highest BCUT2D eigenvalue weighted by atomic mass is 79.9. The Morgan fingerprint density at radius 3 is 1.11 bits per heavy atom. The number of rotatable bonds is 11. The summed E-state index contributed by atoms with van der Waals surface area (Å²) < 4.78 is 12.5. The van der Waals surface area contributed by atoms with Crippen LogP contribution in [0.3, 0.4) is 0 Å². The fraction of sp³-hybridized carbons (Fsp3) is 0.00952. The molecule has 0 N–H and O–H groups in total. The normalized spacial score (nSPS) is 11.7. The van der Waals surface area contributed by atoms with Crippen molar-refractivity contribution in [2.75, 3.05) is 0 Å². The third-order valence-electron chi connectivity index (χ3n) is 22.4. The molecular weight excluding hydrogens is 1520 g/mol. The number of fused-ring (bicyclic) bond motifs is 16. The van der Waals surface area contributed by atoms with Gasteiger partial charge in [-0.05, 0) is 148 Å². The third-order valence-corrected chi connectivity index (χ3v) is 22.9. The van der Waals surface area contributed by atoms with Crippen LogP contribution < -0.4 is 0 Å². The molecule has 560 valence electrons. The van der Waals surface area contributed by atoms with Gasteiger partial charge in [-0.25, -0.2) is 39.9 Å². The lowest BCUT2D eigenvalue weighted by Crippen LogP contribution is -2.01. The molecule has 0 spiro atoms. The van der Waals surface area contributed by atoms with Crippen LogP contribution in [-0.2, 0) is 6.42 Å². The van der Waals surface area contributed by atoms with Crippen LogP contribution >= 0.6 is 15.9 Å². The molecular formula is C105H68BrN13. The van der Waals surface area contributed by atoms with Crippen molar-refractivity contribution < 1.29 is 0 Å². The fourth-order valence-corrected chi connectivity index (χ4v) is 17.4. The van der Waals surface area contributed by atoms with Crippen LogP contribution in [0.15, 0.2) is 405 Å². The lowest BCUT2D eigenvalue weighted by Gasteiger charge is -2.14. The molecule has 7 heterocycles. The summed E-state index contributed by atoms with van der Waals surface area (Å²) in [6.07, 6.45) is 0.980. The molecule has 0 aliphatic heterocycles.